The molecular formula is C16H22N2O3. The molecule has 1 fully saturated rings. The van der Waals surface area contributed by atoms with Crippen LogP contribution in [0.15, 0.2) is 24.3 Å². The Labute approximate surface area is 125 Å². The second-order valence-corrected chi connectivity index (χ2v) is 5.39. The van der Waals surface area contributed by atoms with Crippen LogP contribution in [0.4, 0.5) is 0 Å². The molecule has 114 valence electrons. The van der Waals surface area contributed by atoms with Crippen LogP contribution in [-0.2, 0) is 4.79 Å². The Kier molecular flexibility index (Phi) is 5.20. The van der Waals surface area contributed by atoms with Gasteiger partial charge >= 0.3 is 0 Å². The van der Waals surface area contributed by atoms with Crippen molar-refractivity contribution in [2.45, 2.75) is 38.7 Å². The molecule has 2 amide bonds. The van der Waals surface area contributed by atoms with Gasteiger partial charge in [0.2, 0.25) is 5.91 Å². The van der Waals surface area contributed by atoms with Crippen LogP contribution in [0.1, 0.15) is 43.0 Å². The largest absolute Gasteiger partial charge is 0.481 e. The summed E-state index contributed by atoms with van der Waals surface area (Å²) >= 11 is 0. The molecule has 5 heteroatoms. The number of primary amides is 1. The molecule has 2 rings (SSSR count). The maximum Gasteiger partial charge on any atom is 0.263 e. The first-order chi connectivity index (χ1) is 10.1. The van der Waals surface area contributed by atoms with Gasteiger partial charge in [0.15, 0.2) is 6.10 Å². The molecule has 1 heterocycles. The Hall–Kier alpha value is -2.04. The van der Waals surface area contributed by atoms with E-state index in [4.69, 9.17) is 10.5 Å². The van der Waals surface area contributed by atoms with E-state index in [1.165, 1.54) is 12.8 Å². The molecule has 5 nitrogen and oxygen atoms in total. The first kappa shape index (κ1) is 15.4. The van der Waals surface area contributed by atoms with Crippen LogP contribution in [0.2, 0.25) is 0 Å². The summed E-state index contributed by atoms with van der Waals surface area (Å²) in [5.74, 6) is 0.113. The molecule has 0 saturated carbocycles. The predicted octanol–water partition coefficient (Wildman–Crippen LogP) is 1.96. The molecule has 1 saturated heterocycles. The molecule has 1 aliphatic rings. The van der Waals surface area contributed by atoms with Gasteiger partial charge in [-0.05, 0) is 44.0 Å². The number of hydrogen-bond donors (Lipinski definition) is 1. The average molecular weight is 290 g/mol. The number of likely N-dealkylation sites (tertiary alicyclic amines) is 1. The summed E-state index contributed by atoms with van der Waals surface area (Å²) in [5, 5.41) is 0. The van der Waals surface area contributed by atoms with E-state index in [0.717, 1.165) is 25.9 Å². The van der Waals surface area contributed by atoms with Crippen LogP contribution in [0.3, 0.4) is 0 Å². The maximum atomic E-state index is 12.4. The Morgan fingerprint density at radius 3 is 2.19 bits per heavy atom. The van der Waals surface area contributed by atoms with Gasteiger partial charge in [0.05, 0.1) is 0 Å². The zero-order valence-corrected chi connectivity index (χ0v) is 12.4. The summed E-state index contributed by atoms with van der Waals surface area (Å²) < 4.78 is 5.66. The van der Waals surface area contributed by atoms with E-state index in [1.807, 2.05) is 4.90 Å². The highest BCUT2D eigenvalue weighted by atomic mass is 16.5. The minimum Gasteiger partial charge on any atom is -0.481 e. The SMILES string of the molecule is C[C@H](Oc1ccc(C(N)=O)cc1)C(=O)N1CCCCCC1. The van der Waals surface area contributed by atoms with Crippen molar-refractivity contribution in [3.8, 4) is 5.75 Å². The minimum atomic E-state index is -0.525. The van der Waals surface area contributed by atoms with Gasteiger partial charge in [-0.15, -0.1) is 0 Å². The average Bonchev–Trinajstić information content (AvgIpc) is 2.76. The zero-order valence-electron chi connectivity index (χ0n) is 12.4. The second kappa shape index (κ2) is 7.11. The molecule has 0 aromatic heterocycles. The number of carbonyl (C=O) groups is 2. The van der Waals surface area contributed by atoms with Crippen molar-refractivity contribution in [3.63, 3.8) is 0 Å². The molecular weight excluding hydrogens is 268 g/mol. The van der Waals surface area contributed by atoms with E-state index in [2.05, 4.69) is 0 Å². The highest BCUT2D eigenvalue weighted by Crippen LogP contribution is 2.16. The number of ether oxygens (including phenoxy) is 1. The van der Waals surface area contributed by atoms with Crippen LogP contribution < -0.4 is 10.5 Å². The van der Waals surface area contributed by atoms with Crippen LogP contribution in [-0.4, -0.2) is 35.9 Å². The lowest BCUT2D eigenvalue weighted by atomic mass is 10.2. The quantitative estimate of drug-likeness (QED) is 0.921. The highest BCUT2D eigenvalue weighted by Gasteiger charge is 2.22. The lowest BCUT2D eigenvalue weighted by Gasteiger charge is -2.24. The fourth-order valence-corrected chi connectivity index (χ4v) is 2.50. The van der Waals surface area contributed by atoms with Gasteiger partial charge in [-0.25, -0.2) is 0 Å². The Balaban J connectivity index is 1.94. The third kappa shape index (κ3) is 4.21. The summed E-state index contributed by atoms with van der Waals surface area (Å²) in [4.78, 5) is 25.2. The standard InChI is InChI=1S/C16H22N2O3/c1-12(16(20)18-10-4-2-3-5-11-18)21-14-8-6-13(7-9-14)15(17)19/h6-9,12H,2-5,10-11H2,1H3,(H2,17,19)/t12-/m0/s1. The zero-order chi connectivity index (χ0) is 15.2. The highest BCUT2D eigenvalue weighted by molar-refractivity contribution is 5.92. The number of nitrogens with two attached hydrogens (primary N) is 1. The summed E-state index contributed by atoms with van der Waals surface area (Å²) in [6.07, 6.45) is 3.97. The number of benzene rings is 1. The first-order valence-corrected chi connectivity index (χ1v) is 7.43. The van der Waals surface area contributed by atoms with Gasteiger partial charge in [0.25, 0.3) is 5.91 Å². The number of hydrogen-bond acceptors (Lipinski definition) is 3. The molecule has 0 spiro atoms. The van der Waals surface area contributed by atoms with E-state index in [1.54, 1.807) is 31.2 Å². The number of amides is 2. The van der Waals surface area contributed by atoms with Crippen LogP contribution >= 0.6 is 0 Å². The molecule has 21 heavy (non-hydrogen) atoms. The molecule has 0 radical (unpaired) electrons. The van der Waals surface area contributed by atoms with Crippen molar-refractivity contribution in [1.29, 1.82) is 0 Å². The van der Waals surface area contributed by atoms with E-state index in [-0.39, 0.29) is 5.91 Å². The molecule has 1 aromatic carbocycles. The van der Waals surface area contributed by atoms with Gasteiger partial charge in [-0.1, -0.05) is 12.8 Å². The lowest BCUT2D eigenvalue weighted by Crippen LogP contribution is -2.41. The summed E-state index contributed by atoms with van der Waals surface area (Å²) in [6.45, 7) is 3.38. The van der Waals surface area contributed by atoms with Crippen LogP contribution in [0, 0.1) is 0 Å². The van der Waals surface area contributed by atoms with Crippen molar-refractivity contribution in [1.82, 2.24) is 4.90 Å². The maximum absolute atomic E-state index is 12.4. The summed E-state index contributed by atoms with van der Waals surface area (Å²) in [6, 6.07) is 6.51. The van der Waals surface area contributed by atoms with E-state index in [9.17, 15) is 9.59 Å². The van der Waals surface area contributed by atoms with Crippen molar-refractivity contribution in [2.24, 2.45) is 5.73 Å². The van der Waals surface area contributed by atoms with E-state index < -0.39 is 12.0 Å². The Morgan fingerprint density at radius 2 is 1.67 bits per heavy atom. The second-order valence-electron chi connectivity index (χ2n) is 5.39. The van der Waals surface area contributed by atoms with Gasteiger partial charge in [0.1, 0.15) is 5.75 Å². The topological polar surface area (TPSA) is 72.6 Å². The van der Waals surface area contributed by atoms with E-state index >= 15 is 0 Å². The van der Waals surface area contributed by atoms with Crippen molar-refractivity contribution < 1.29 is 14.3 Å². The Bertz CT molecular complexity index is 491. The van der Waals surface area contributed by atoms with Gasteiger partial charge in [-0.2, -0.15) is 0 Å². The molecule has 2 N–H and O–H groups in total. The number of nitrogens with zero attached hydrogens (tertiary/aromatic N) is 1. The van der Waals surface area contributed by atoms with Gasteiger partial charge < -0.3 is 15.4 Å². The van der Waals surface area contributed by atoms with Gasteiger partial charge in [0, 0.05) is 18.7 Å². The smallest absolute Gasteiger partial charge is 0.263 e. The normalized spacial score (nSPS) is 16.9. The summed E-state index contributed by atoms with van der Waals surface area (Å²) in [5.41, 5.74) is 5.61. The van der Waals surface area contributed by atoms with Crippen molar-refractivity contribution >= 4 is 11.8 Å². The van der Waals surface area contributed by atoms with Crippen molar-refractivity contribution in [2.75, 3.05) is 13.1 Å². The van der Waals surface area contributed by atoms with Crippen LogP contribution in [0.5, 0.6) is 5.75 Å². The van der Waals surface area contributed by atoms with E-state index in [0.29, 0.717) is 11.3 Å². The van der Waals surface area contributed by atoms with Crippen molar-refractivity contribution in [3.05, 3.63) is 29.8 Å². The monoisotopic (exact) mass is 290 g/mol. The molecule has 0 aliphatic carbocycles. The predicted molar refractivity (Wildman–Crippen MR) is 80.1 cm³/mol. The first-order valence-electron chi connectivity index (χ1n) is 7.43. The molecule has 0 bridgehead atoms. The molecule has 1 aromatic rings. The lowest BCUT2D eigenvalue weighted by molar-refractivity contribution is -0.137. The molecule has 1 aliphatic heterocycles. The minimum absolute atomic E-state index is 0.0240. The van der Waals surface area contributed by atoms with Gasteiger partial charge in [-0.3, -0.25) is 9.59 Å². The third-order valence-electron chi connectivity index (χ3n) is 3.72. The Morgan fingerprint density at radius 1 is 1.10 bits per heavy atom. The third-order valence-corrected chi connectivity index (χ3v) is 3.72. The summed E-state index contributed by atoms with van der Waals surface area (Å²) in [7, 11) is 0. The fourth-order valence-electron chi connectivity index (χ4n) is 2.50. The molecule has 0 unspecified atom stereocenters. The molecule has 1 atom stereocenters. The number of carbonyl (C=O) groups excluding carboxylic acids is 2. The van der Waals surface area contributed by atoms with Crippen LogP contribution in [0.25, 0.3) is 0 Å². The number of rotatable bonds is 4. The fraction of sp³-hybridized carbons (Fsp3) is 0.500.